The van der Waals surface area contributed by atoms with E-state index in [1.54, 1.807) is 18.2 Å². The molecule has 1 amide bonds. The molecule has 0 radical (unpaired) electrons. The summed E-state index contributed by atoms with van der Waals surface area (Å²) in [6, 6.07) is 14.0. The maximum Gasteiger partial charge on any atom is 0.292 e. The molecule has 7 nitrogen and oxygen atoms in total. The summed E-state index contributed by atoms with van der Waals surface area (Å²) in [7, 11) is 0. The van der Waals surface area contributed by atoms with Crippen molar-refractivity contribution in [2.24, 2.45) is 0 Å². The Morgan fingerprint density at radius 3 is 2.48 bits per heavy atom. The van der Waals surface area contributed by atoms with Crippen molar-refractivity contribution in [3.8, 4) is 0 Å². The molecule has 8 heteroatoms. The number of anilines is 1. The fraction of sp³-hybridized carbons (Fsp3) is 0.0526. The van der Waals surface area contributed by atoms with E-state index in [0.29, 0.717) is 5.56 Å². The van der Waals surface area contributed by atoms with E-state index < -0.39 is 10.8 Å². The van der Waals surface area contributed by atoms with Gasteiger partial charge in [-0.15, -0.1) is 0 Å². The van der Waals surface area contributed by atoms with Crippen molar-refractivity contribution in [1.82, 2.24) is 4.57 Å². The second-order valence-electron chi connectivity index (χ2n) is 5.74. The standard InChI is InChI=1S/C19H14FN3O4/c20-15-8-5-13(6-9-15)11-22-12-14(7-10-18(22)24)19(25)21-16-3-1-2-4-17(16)23(26)27/h1-10,12H,11H2,(H,21,25). The minimum atomic E-state index is -0.592. The Labute approximate surface area is 152 Å². The van der Waals surface area contributed by atoms with E-state index in [4.69, 9.17) is 0 Å². The van der Waals surface area contributed by atoms with E-state index in [-0.39, 0.29) is 34.9 Å². The van der Waals surface area contributed by atoms with Gasteiger partial charge in [-0.2, -0.15) is 0 Å². The van der Waals surface area contributed by atoms with E-state index in [1.165, 1.54) is 53.2 Å². The number of amides is 1. The lowest BCUT2D eigenvalue weighted by molar-refractivity contribution is -0.383. The molecule has 0 fully saturated rings. The van der Waals surface area contributed by atoms with Gasteiger partial charge in [0.2, 0.25) is 0 Å². The van der Waals surface area contributed by atoms with Crippen LogP contribution in [0, 0.1) is 15.9 Å². The first-order valence-corrected chi connectivity index (χ1v) is 7.94. The molecule has 3 aromatic rings. The number of nitrogens with zero attached hydrogens (tertiary/aromatic N) is 2. The van der Waals surface area contributed by atoms with Crippen molar-refractivity contribution in [1.29, 1.82) is 0 Å². The summed E-state index contributed by atoms with van der Waals surface area (Å²) < 4.78 is 14.3. The molecule has 27 heavy (non-hydrogen) atoms. The Kier molecular flexibility index (Phi) is 5.07. The number of para-hydroxylation sites is 2. The van der Waals surface area contributed by atoms with Crippen molar-refractivity contribution in [3.63, 3.8) is 0 Å². The molecule has 0 aliphatic heterocycles. The molecule has 2 aromatic carbocycles. The highest BCUT2D eigenvalue weighted by Crippen LogP contribution is 2.23. The monoisotopic (exact) mass is 367 g/mol. The van der Waals surface area contributed by atoms with Crippen LogP contribution in [0.3, 0.4) is 0 Å². The Hall–Kier alpha value is -3.81. The molecule has 0 saturated carbocycles. The second-order valence-corrected chi connectivity index (χ2v) is 5.74. The number of nitro groups is 1. The van der Waals surface area contributed by atoms with Gasteiger partial charge < -0.3 is 9.88 Å². The van der Waals surface area contributed by atoms with E-state index in [9.17, 15) is 24.1 Å². The largest absolute Gasteiger partial charge is 0.316 e. The number of hydrogen-bond acceptors (Lipinski definition) is 4. The van der Waals surface area contributed by atoms with Crippen molar-refractivity contribution in [3.05, 3.63) is 104 Å². The maximum atomic E-state index is 13.0. The zero-order valence-corrected chi connectivity index (χ0v) is 14.0. The molecule has 0 spiro atoms. The molecule has 136 valence electrons. The fourth-order valence-corrected chi connectivity index (χ4v) is 2.51. The fourth-order valence-electron chi connectivity index (χ4n) is 2.51. The molecule has 1 N–H and O–H groups in total. The number of carbonyl (C=O) groups excluding carboxylic acids is 1. The second kappa shape index (κ2) is 7.61. The Balaban J connectivity index is 1.85. The van der Waals surface area contributed by atoms with Crippen LogP contribution in [0.25, 0.3) is 0 Å². The smallest absolute Gasteiger partial charge is 0.292 e. The molecular weight excluding hydrogens is 353 g/mol. The number of nitrogens with one attached hydrogen (secondary N) is 1. The average Bonchev–Trinajstić information content (AvgIpc) is 2.65. The van der Waals surface area contributed by atoms with Crippen LogP contribution in [0.2, 0.25) is 0 Å². The molecule has 1 aromatic heterocycles. The maximum absolute atomic E-state index is 13.0. The zero-order valence-electron chi connectivity index (χ0n) is 14.0. The third kappa shape index (κ3) is 4.24. The SMILES string of the molecule is O=C(Nc1ccccc1[N+](=O)[O-])c1ccc(=O)n(Cc2ccc(F)cc2)c1. The number of aromatic nitrogens is 1. The molecule has 0 saturated heterocycles. The summed E-state index contributed by atoms with van der Waals surface area (Å²) in [6.45, 7) is 0.158. The molecule has 3 rings (SSSR count). The summed E-state index contributed by atoms with van der Waals surface area (Å²) >= 11 is 0. The van der Waals surface area contributed by atoms with Crippen LogP contribution in [0.15, 0.2) is 71.7 Å². The predicted octanol–water partition coefficient (Wildman–Crippen LogP) is 3.20. The number of halogens is 1. The van der Waals surface area contributed by atoms with Crippen LogP contribution in [-0.2, 0) is 6.54 Å². The average molecular weight is 367 g/mol. The Bertz CT molecular complexity index is 1060. The summed E-state index contributed by atoms with van der Waals surface area (Å²) in [5, 5.41) is 13.5. The lowest BCUT2D eigenvalue weighted by Gasteiger charge is -2.09. The zero-order chi connectivity index (χ0) is 19.4. The highest BCUT2D eigenvalue weighted by Gasteiger charge is 2.16. The minimum absolute atomic E-state index is 0.0591. The van der Waals surface area contributed by atoms with Crippen molar-refractivity contribution < 1.29 is 14.1 Å². The van der Waals surface area contributed by atoms with Crippen LogP contribution >= 0.6 is 0 Å². The van der Waals surface area contributed by atoms with E-state index in [2.05, 4.69) is 5.32 Å². The summed E-state index contributed by atoms with van der Waals surface area (Å²) in [4.78, 5) is 34.9. The van der Waals surface area contributed by atoms with Crippen LogP contribution < -0.4 is 10.9 Å². The van der Waals surface area contributed by atoms with Gasteiger partial charge in [0.1, 0.15) is 11.5 Å². The molecule has 0 aliphatic carbocycles. The van der Waals surface area contributed by atoms with Gasteiger partial charge in [0.15, 0.2) is 0 Å². The third-order valence-corrected chi connectivity index (χ3v) is 3.86. The summed E-state index contributed by atoms with van der Waals surface area (Å²) in [5.41, 5.74) is 0.348. The Morgan fingerprint density at radius 1 is 1.07 bits per heavy atom. The summed E-state index contributed by atoms with van der Waals surface area (Å²) in [6.07, 6.45) is 1.36. The molecule has 1 heterocycles. The minimum Gasteiger partial charge on any atom is -0.316 e. The van der Waals surface area contributed by atoms with Gasteiger partial charge >= 0.3 is 0 Å². The lowest BCUT2D eigenvalue weighted by atomic mass is 10.2. The van der Waals surface area contributed by atoms with Crippen LogP contribution in [0.5, 0.6) is 0 Å². The van der Waals surface area contributed by atoms with Gasteiger partial charge in [-0.25, -0.2) is 4.39 Å². The van der Waals surface area contributed by atoms with Gasteiger partial charge in [-0.1, -0.05) is 24.3 Å². The number of hydrogen-bond donors (Lipinski definition) is 1. The van der Waals surface area contributed by atoms with Crippen molar-refractivity contribution in [2.45, 2.75) is 6.54 Å². The van der Waals surface area contributed by atoms with Crippen LogP contribution in [0.4, 0.5) is 15.8 Å². The third-order valence-electron chi connectivity index (χ3n) is 3.86. The number of carbonyl (C=O) groups is 1. The number of rotatable bonds is 5. The lowest BCUT2D eigenvalue weighted by Crippen LogP contribution is -2.22. The van der Waals surface area contributed by atoms with Crippen molar-refractivity contribution in [2.75, 3.05) is 5.32 Å². The first-order valence-electron chi connectivity index (χ1n) is 7.94. The van der Waals surface area contributed by atoms with Crippen LogP contribution in [-0.4, -0.2) is 15.4 Å². The van der Waals surface area contributed by atoms with Crippen LogP contribution in [0.1, 0.15) is 15.9 Å². The normalized spacial score (nSPS) is 10.4. The van der Waals surface area contributed by atoms with Gasteiger partial charge in [0, 0.05) is 18.3 Å². The number of benzene rings is 2. The van der Waals surface area contributed by atoms with E-state index in [0.717, 1.165) is 0 Å². The first-order chi connectivity index (χ1) is 12.9. The quantitative estimate of drug-likeness (QED) is 0.553. The van der Waals surface area contributed by atoms with E-state index >= 15 is 0 Å². The van der Waals surface area contributed by atoms with Gasteiger partial charge in [0.05, 0.1) is 17.0 Å². The molecular formula is C19H14FN3O4. The van der Waals surface area contributed by atoms with Gasteiger partial charge in [-0.3, -0.25) is 19.7 Å². The predicted molar refractivity (Wildman–Crippen MR) is 97.3 cm³/mol. The number of pyridine rings is 1. The molecule has 0 bridgehead atoms. The van der Waals surface area contributed by atoms with Crippen molar-refractivity contribution >= 4 is 17.3 Å². The first kappa shape index (κ1) is 18.0. The topological polar surface area (TPSA) is 94.2 Å². The van der Waals surface area contributed by atoms with Gasteiger partial charge in [0.25, 0.3) is 17.2 Å². The highest BCUT2D eigenvalue weighted by molar-refractivity contribution is 6.05. The van der Waals surface area contributed by atoms with Gasteiger partial charge in [-0.05, 0) is 29.8 Å². The van der Waals surface area contributed by atoms with E-state index in [1.807, 2.05) is 0 Å². The molecule has 0 atom stereocenters. The Morgan fingerprint density at radius 2 is 1.78 bits per heavy atom. The highest BCUT2D eigenvalue weighted by atomic mass is 19.1. The summed E-state index contributed by atoms with van der Waals surface area (Å²) in [5.74, 6) is -0.971. The molecule has 0 aliphatic rings. The number of nitro benzene ring substituents is 1. The molecule has 0 unspecified atom stereocenters.